The Labute approximate surface area is 139 Å². The van der Waals surface area contributed by atoms with Crippen molar-refractivity contribution in [2.75, 3.05) is 6.61 Å². The molecule has 1 aliphatic rings. The summed E-state index contributed by atoms with van der Waals surface area (Å²) < 4.78 is 6.70. The molecule has 1 saturated heterocycles. The van der Waals surface area contributed by atoms with E-state index in [1.165, 1.54) is 0 Å². The number of halogens is 2. The highest BCUT2D eigenvalue weighted by Gasteiger charge is 2.35. The molecule has 1 aliphatic heterocycles. The minimum atomic E-state index is -0.0955. The number of carbonyl (C=O) groups is 1. The van der Waals surface area contributed by atoms with Crippen LogP contribution in [0.25, 0.3) is 0 Å². The maximum Gasteiger partial charge on any atom is 0.252 e. The normalized spacial score (nSPS) is 21.0. The zero-order valence-electron chi connectivity index (χ0n) is 12.4. The standard InChI is InChI=1S/C16H21BrClNO2/c1-3-16(4-2)10-12(7-8-21-16)19-15(20)13-9-11(18)5-6-14(13)17/h5-6,9,12H,3-4,7-8,10H2,1-2H3,(H,19,20). The molecule has 1 unspecified atom stereocenters. The molecule has 0 spiro atoms. The summed E-state index contributed by atoms with van der Waals surface area (Å²) >= 11 is 9.37. The Kier molecular flexibility index (Phi) is 5.69. The van der Waals surface area contributed by atoms with Gasteiger partial charge < -0.3 is 10.1 Å². The van der Waals surface area contributed by atoms with E-state index >= 15 is 0 Å². The molecule has 1 amide bonds. The minimum absolute atomic E-state index is 0.0858. The third-order valence-electron chi connectivity index (χ3n) is 4.29. The molecule has 5 heteroatoms. The van der Waals surface area contributed by atoms with Gasteiger partial charge in [-0.15, -0.1) is 0 Å². The summed E-state index contributed by atoms with van der Waals surface area (Å²) in [6.07, 6.45) is 3.66. The van der Waals surface area contributed by atoms with E-state index in [1.807, 2.05) is 0 Å². The van der Waals surface area contributed by atoms with Gasteiger partial charge in [-0.3, -0.25) is 4.79 Å². The van der Waals surface area contributed by atoms with Gasteiger partial charge in [-0.2, -0.15) is 0 Å². The first-order valence-corrected chi connectivity index (χ1v) is 8.56. The first kappa shape index (κ1) is 16.8. The van der Waals surface area contributed by atoms with Crippen molar-refractivity contribution in [3.63, 3.8) is 0 Å². The van der Waals surface area contributed by atoms with Crippen molar-refractivity contribution in [3.8, 4) is 0 Å². The van der Waals surface area contributed by atoms with E-state index in [9.17, 15) is 4.79 Å². The van der Waals surface area contributed by atoms with Gasteiger partial charge >= 0.3 is 0 Å². The number of hydrogen-bond acceptors (Lipinski definition) is 2. The molecule has 1 atom stereocenters. The van der Waals surface area contributed by atoms with Crippen molar-refractivity contribution in [1.82, 2.24) is 5.32 Å². The molecule has 0 aliphatic carbocycles. The van der Waals surface area contributed by atoms with Crippen LogP contribution in [0, 0.1) is 0 Å². The highest BCUT2D eigenvalue weighted by Crippen LogP contribution is 2.31. The first-order chi connectivity index (χ1) is 9.99. The Morgan fingerprint density at radius 1 is 1.48 bits per heavy atom. The Hall–Kier alpha value is -0.580. The quantitative estimate of drug-likeness (QED) is 0.838. The Morgan fingerprint density at radius 3 is 2.86 bits per heavy atom. The average Bonchev–Trinajstić information content (AvgIpc) is 2.49. The second kappa shape index (κ2) is 7.12. The molecule has 116 valence electrons. The molecule has 1 aromatic carbocycles. The third kappa shape index (κ3) is 3.99. The summed E-state index contributed by atoms with van der Waals surface area (Å²) in [4.78, 5) is 12.4. The van der Waals surface area contributed by atoms with E-state index in [1.54, 1.807) is 18.2 Å². The summed E-state index contributed by atoms with van der Waals surface area (Å²) in [7, 11) is 0. The van der Waals surface area contributed by atoms with Crippen LogP contribution in [0.1, 0.15) is 49.9 Å². The number of rotatable bonds is 4. The Balaban J connectivity index is 2.07. The average molecular weight is 375 g/mol. The molecular formula is C16H21BrClNO2. The monoisotopic (exact) mass is 373 g/mol. The van der Waals surface area contributed by atoms with Gasteiger partial charge in [0.25, 0.3) is 5.91 Å². The molecular weight excluding hydrogens is 354 g/mol. The largest absolute Gasteiger partial charge is 0.375 e. The van der Waals surface area contributed by atoms with Crippen LogP contribution < -0.4 is 5.32 Å². The van der Waals surface area contributed by atoms with E-state index in [2.05, 4.69) is 35.1 Å². The number of ether oxygens (including phenoxy) is 1. The fourth-order valence-electron chi connectivity index (χ4n) is 2.83. The zero-order chi connectivity index (χ0) is 15.5. The fourth-order valence-corrected chi connectivity index (χ4v) is 3.43. The lowest BCUT2D eigenvalue weighted by molar-refractivity contribution is -0.0917. The van der Waals surface area contributed by atoms with Crippen molar-refractivity contribution >= 4 is 33.4 Å². The van der Waals surface area contributed by atoms with Crippen LogP contribution in [0.5, 0.6) is 0 Å². The number of carbonyl (C=O) groups excluding carboxylic acids is 1. The predicted molar refractivity (Wildman–Crippen MR) is 88.9 cm³/mol. The van der Waals surface area contributed by atoms with Crippen LogP contribution in [0.4, 0.5) is 0 Å². The topological polar surface area (TPSA) is 38.3 Å². The summed E-state index contributed by atoms with van der Waals surface area (Å²) in [6.45, 7) is 4.98. The van der Waals surface area contributed by atoms with E-state index in [4.69, 9.17) is 16.3 Å². The van der Waals surface area contributed by atoms with Gasteiger partial charge in [0.15, 0.2) is 0 Å². The van der Waals surface area contributed by atoms with Crippen LogP contribution in [0.3, 0.4) is 0 Å². The third-order valence-corrected chi connectivity index (χ3v) is 5.22. The van der Waals surface area contributed by atoms with Gasteiger partial charge in [0.05, 0.1) is 11.2 Å². The number of amides is 1. The van der Waals surface area contributed by atoms with Crippen LogP contribution in [0.15, 0.2) is 22.7 Å². The van der Waals surface area contributed by atoms with E-state index in [-0.39, 0.29) is 17.6 Å². The lowest BCUT2D eigenvalue weighted by Gasteiger charge is -2.40. The molecule has 3 nitrogen and oxygen atoms in total. The van der Waals surface area contributed by atoms with Crippen LogP contribution in [0.2, 0.25) is 5.02 Å². The number of hydrogen-bond donors (Lipinski definition) is 1. The van der Waals surface area contributed by atoms with Gasteiger partial charge in [-0.1, -0.05) is 25.4 Å². The molecule has 0 saturated carbocycles. The first-order valence-electron chi connectivity index (χ1n) is 7.39. The summed E-state index contributed by atoms with van der Waals surface area (Å²) in [6, 6.07) is 5.39. The second-order valence-corrected chi connectivity index (χ2v) is 6.82. The van der Waals surface area contributed by atoms with Gasteiger partial charge in [-0.25, -0.2) is 0 Å². The van der Waals surface area contributed by atoms with Gasteiger partial charge in [0.2, 0.25) is 0 Å². The lowest BCUT2D eigenvalue weighted by atomic mass is 9.86. The van der Waals surface area contributed by atoms with Crippen molar-refractivity contribution in [3.05, 3.63) is 33.3 Å². The van der Waals surface area contributed by atoms with E-state index < -0.39 is 0 Å². The molecule has 1 aromatic rings. The predicted octanol–water partition coefficient (Wildman–Crippen LogP) is 4.57. The maximum atomic E-state index is 12.4. The Bertz CT molecular complexity index is 517. The van der Waals surface area contributed by atoms with Crippen LogP contribution >= 0.6 is 27.5 Å². The fraction of sp³-hybridized carbons (Fsp3) is 0.562. The molecule has 1 N–H and O–H groups in total. The lowest BCUT2D eigenvalue weighted by Crippen LogP contribution is -2.48. The molecule has 1 fully saturated rings. The number of benzene rings is 1. The van der Waals surface area contributed by atoms with Gasteiger partial charge in [0.1, 0.15) is 0 Å². The van der Waals surface area contributed by atoms with E-state index in [0.29, 0.717) is 17.2 Å². The molecule has 0 radical (unpaired) electrons. The minimum Gasteiger partial charge on any atom is -0.375 e. The van der Waals surface area contributed by atoms with Crippen molar-refractivity contribution < 1.29 is 9.53 Å². The Morgan fingerprint density at radius 2 is 2.19 bits per heavy atom. The van der Waals surface area contributed by atoms with Crippen molar-refractivity contribution in [1.29, 1.82) is 0 Å². The summed E-state index contributed by atoms with van der Waals surface area (Å²) in [5.74, 6) is -0.0858. The SMILES string of the molecule is CCC1(CC)CC(NC(=O)c2cc(Cl)ccc2Br)CCO1. The zero-order valence-corrected chi connectivity index (χ0v) is 14.8. The smallest absolute Gasteiger partial charge is 0.252 e. The molecule has 21 heavy (non-hydrogen) atoms. The summed E-state index contributed by atoms with van der Waals surface area (Å²) in [5.41, 5.74) is 0.481. The molecule has 1 heterocycles. The highest BCUT2D eigenvalue weighted by molar-refractivity contribution is 9.10. The number of nitrogens with one attached hydrogen (secondary N) is 1. The second-order valence-electron chi connectivity index (χ2n) is 5.53. The van der Waals surface area contributed by atoms with Gasteiger partial charge in [-0.05, 0) is 59.8 Å². The molecule has 2 rings (SSSR count). The van der Waals surface area contributed by atoms with Crippen molar-refractivity contribution in [2.45, 2.75) is 51.2 Å². The van der Waals surface area contributed by atoms with Crippen molar-refractivity contribution in [2.24, 2.45) is 0 Å². The van der Waals surface area contributed by atoms with E-state index in [0.717, 1.165) is 30.2 Å². The van der Waals surface area contributed by atoms with Crippen LogP contribution in [-0.2, 0) is 4.74 Å². The van der Waals surface area contributed by atoms with Crippen LogP contribution in [-0.4, -0.2) is 24.2 Å². The summed E-state index contributed by atoms with van der Waals surface area (Å²) in [5, 5.41) is 3.68. The maximum absolute atomic E-state index is 12.4. The molecule has 0 aromatic heterocycles. The van der Waals surface area contributed by atoms with Gasteiger partial charge in [0, 0.05) is 22.1 Å². The highest BCUT2D eigenvalue weighted by atomic mass is 79.9. The molecule has 0 bridgehead atoms.